The fraction of sp³-hybridized carbons (Fsp3) is 0.471. The minimum absolute atomic E-state index is 0.0104. The average molecular weight is 325 g/mol. The van der Waals surface area contributed by atoms with Crippen molar-refractivity contribution in [1.29, 1.82) is 0 Å². The first-order chi connectivity index (χ1) is 11.2. The number of aromatic nitrogens is 4. The summed E-state index contributed by atoms with van der Waals surface area (Å²) < 4.78 is 4.09. The number of allylic oxidation sites excluding steroid dienone is 1. The monoisotopic (exact) mass is 325 g/mol. The molecule has 0 bridgehead atoms. The van der Waals surface area contributed by atoms with E-state index in [2.05, 4.69) is 62.4 Å². The first-order valence-electron chi connectivity index (χ1n) is 8.44. The van der Waals surface area contributed by atoms with Crippen molar-refractivity contribution in [3.8, 4) is 0 Å². The van der Waals surface area contributed by atoms with E-state index in [1.54, 1.807) is 12.4 Å². The van der Waals surface area contributed by atoms with E-state index in [4.69, 9.17) is 5.10 Å². The SMILES string of the molecule is CC(C)(C)c1cc(C(C)(C)C)n([BH-](N2C=CC=[N+]2)n2cccn2)n1. The highest BCUT2D eigenvalue weighted by molar-refractivity contribution is 6.52. The van der Waals surface area contributed by atoms with Crippen molar-refractivity contribution in [2.45, 2.75) is 52.4 Å². The number of nitrogens with zero attached hydrogens (tertiary/aromatic N) is 6. The molecule has 0 saturated carbocycles. The summed E-state index contributed by atoms with van der Waals surface area (Å²) in [5.74, 6) is 0. The van der Waals surface area contributed by atoms with Gasteiger partial charge < -0.3 is 9.19 Å². The lowest BCUT2D eigenvalue weighted by Crippen LogP contribution is -2.51. The lowest BCUT2D eigenvalue weighted by Gasteiger charge is -2.32. The van der Waals surface area contributed by atoms with Crippen molar-refractivity contribution in [3.05, 3.63) is 48.2 Å². The second kappa shape index (κ2) is 5.65. The Bertz CT molecular complexity index is 746. The third kappa shape index (κ3) is 3.03. The largest absolute Gasteiger partial charge is 0.400 e. The third-order valence-corrected chi connectivity index (χ3v) is 4.28. The van der Waals surface area contributed by atoms with Crippen LogP contribution < -0.4 is 5.10 Å². The zero-order valence-corrected chi connectivity index (χ0v) is 15.4. The van der Waals surface area contributed by atoms with Gasteiger partial charge >= 0.3 is 7.12 Å². The van der Waals surface area contributed by atoms with Crippen LogP contribution in [0.2, 0.25) is 0 Å². The van der Waals surface area contributed by atoms with Crippen molar-refractivity contribution in [2.24, 2.45) is 0 Å². The Labute approximate surface area is 144 Å². The molecule has 0 amide bonds. The number of hydrogen-bond acceptors (Lipinski definition) is 4. The topological polar surface area (TPSA) is 53.0 Å². The van der Waals surface area contributed by atoms with Crippen molar-refractivity contribution < 1.29 is 0 Å². The number of rotatable bonds is 3. The molecule has 0 aliphatic carbocycles. The molecular weight excluding hydrogens is 299 g/mol. The summed E-state index contributed by atoms with van der Waals surface area (Å²) in [6.07, 6.45) is 9.50. The Hall–Kier alpha value is -2.31. The van der Waals surface area contributed by atoms with Crippen LogP contribution in [0, 0.1) is 0 Å². The van der Waals surface area contributed by atoms with Crippen molar-refractivity contribution in [3.63, 3.8) is 0 Å². The standard InChI is InChI=1S/C17H26BN6/c1-16(2,3)14-13-15(17(4,5)6)24(21-14)18(22-11-7-9-19-22)23-12-8-10-20-23/h7-13,18H,1-6H3. The molecule has 1 aliphatic rings. The van der Waals surface area contributed by atoms with Crippen LogP contribution in [0.5, 0.6) is 0 Å². The molecule has 0 fully saturated rings. The van der Waals surface area contributed by atoms with Gasteiger partial charge in [-0.3, -0.25) is 0 Å². The van der Waals surface area contributed by atoms with Gasteiger partial charge in [-0.05, 0) is 18.3 Å². The molecule has 2 aromatic heterocycles. The second-order valence-electron chi connectivity index (χ2n) is 8.43. The molecular formula is C17H26BN6. The summed E-state index contributed by atoms with van der Waals surface area (Å²) in [5, 5.41) is 13.9. The summed E-state index contributed by atoms with van der Waals surface area (Å²) in [4.78, 5) is 1.96. The number of hydrazone groups is 1. The molecule has 127 valence electrons. The van der Waals surface area contributed by atoms with Crippen molar-refractivity contribution in [1.82, 2.24) is 29.4 Å². The van der Waals surface area contributed by atoms with Crippen LogP contribution in [0.25, 0.3) is 0 Å². The van der Waals surface area contributed by atoms with Crippen LogP contribution in [0.15, 0.2) is 36.8 Å². The molecule has 7 heteroatoms. The van der Waals surface area contributed by atoms with Crippen LogP contribution >= 0.6 is 0 Å². The van der Waals surface area contributed by atoms with Gasteiger partial charge in [0, 0.05) is 35.0 Å². The Morgan fingerprint density at radius 3 is 2.33 bits per heavy atom. The predicted molar refractivity (Wildman–Crippen MR) is 99.0 cm³/mol. The van der Waals surface area contributed by atoms with E-state index >= 15 is 0 Å². The summed E-state index contributed by atoms with van der Waals surface area (Å²) >= 11 is 0. The smallest absolute Gasteiger partial charge is 0.374 e. The molecule has 0 saturated heterocycles. The van der Waals surface area contributed by atoms with E-state index in [0.29, 0.717) is 0 Å². The minimum atomic E-state index is -1.30. The van der Waals surface area contributed by atoms with Gasteiger partial charge in [0.25, 0.3) is 6.21 Å². The van der Waals surface area contributed by atoms with Crippen LogP contribution in [-0.2, 0) is 10.8 Å². The van der Waals surface area contributed by atoms with Crippen LogP contribution in [0.3, 0.4) is 0 Å². The molecule has 3 heterocycles. The van der Waals surface area contributed by atoms with Crippen LogP contribution in [-0.4, -0.2) is 37.6 Å². The molecule has 1 unspecified atom stereocenters. The molecule has 0 N–H and O–H groups in total. The first-order valence-corrected chi connectivity index (χ1v) is 8.44. The maximum Gasteiger partial charge on any atom is 0.374 e. The molecule has 1 aliphatic heterocycles. The molecule has 0 spiro atoms. The van der Waals surface area contributed by atoms with Gasteiger partial charge in [0.05, 0.1) is 5.69 Å². The molecule has 24 heavy (non-hydrogen) atoms. The fourth-order valence-electron chi connectivity index (χ4n) is 2.96. The lowest BCUT2D eigenvalue weighted by molar-refractivity contribution is 0.490. The molecule has 2 aromatic rings. The third-order valence-electron chi connectivity index (χ3n) is 4.28. The van der Waals surface area contributed by atoms with Gasteiger partial charge in [0.1, 0.15) is 5.10 Å². The van der Waals surface area contributed by atoms with Crippen LogP contribution in [0.1, 0.15) is 52.9 Å². The quantitative estimate of drug-likeness (QED) is 0.811. The average Bonchev–Trinajstić information content (AvgIpc) is 3.19. The van der Waals surface area contributed by atoms with Crippen molar-refractivity contribution >= 4 is 13.3 Å². The molecule has 3 rings (SSSR count). The molecule has 6 nitrogen and oxygen atoms in total. The minimum Gasteiger partial charge on any atom is -0.400 e. The second-order valence-corrected chi connectivity index (χ2v) is 8.43. The fourth-order valence-corrected chi connectivity index (χ4v) is 2.96. The Kier molecular flexibility index (Phi) is 3.90. The maximum absolute atomic E-state index is 4.99. The normalized spacial score (nSPS) is 16.2. The number of hydrogen-bond donors (Lipinski definition) is 0. The lowest BCUT2D eigenvalue weighted by atomic mass is 9.85. The first kappa shape index (κ1) is 16.5. The van der Waals surface area contributed by atoms with E-state index in [-0.39, 0.29) is 10.8 Å². The van der Waals surface area contributed by atoms with Gasteiger partial charge in [-0.1, -0.05) is 41.5 Å². The van der Waals surface area contributed by atoms with Gasteiger partial charge in [-0.25, -0.2) is 15.1 Å². The highest BCUT2D eigenvalue weighted by Gasteiger charge is 2.32. The maximum atomic E-state index is 4.99. The zero-order valence-electron chi connectivity index (χ0n) is 15.4. The van der Waals surface area contributed by atoms with E-state index in [0.717, 1.165) is 5.69 Å². The Morgan fingerprint density at radius 1 is 1.08 bits per heavy atom. The van der Waals surface area contributed by atoms with Gasteiger partial charge in [0.15, 0.2) is 0 Å². The highest BCUT2D eigenvalue weighted by Crippen LogP contribution is 2.29. The summed E-state index contributed by atoms with van der Waals surface area (Å²) in [7, 11) is -1.30. The summed E-state index contributed by atoms with van der Waals surface area (Å²) in [6, 6.07) is 4.17. The predicted octanol–water partition coefficient (Wildman–Crippen LogP) is 1.94. The zero-order chi connectivity index (χ0) is 17.5. The molecule has 1 atom stereocenters. The van der Waals surface area contributed by atoms with E-state index < -0.39 is 7.12 Å². The highest BCUT2D eigenvalue weighted by atomic mass is 15.5. The van der Waals surface area contributed by atoms with Gasteiger partial charge in [0.2, 0.25) is 0 Å². The summed E-state index contributed by atoms with van der Waals surface area (Å²) in [5.41, 5.74) is 2.24. The molecule has 1 radical (unpaired) electrons. The van der Waals surface area contributed by atoms with E-state index in [9.17, 15) is 0 Å². The van der Waals surface area contributed by atoms with E-state index in [1.165, 1.54) is 5.69 Å². The Balaban J connectivity index is 2.18. The van der Waals surface area contributed by atoms with E-state index in [1.807, 2.05) is 34.1 Å². The summed E-state index contributed by atoms with van der Waals surface area (Å²) in [6.45, 7) is 13.2. The van der Waals surface area contributed by atoms with Gasteiger partial charge in [-0.2, -0.15) is 0 Å². The Morgan fingerprint density at radius 2 is 1.83 bits per heavy atom. The van der Waals surface area contributed by atoms with Crippen molar-refractivity contribution in [2.75, 3.05) is 0 Å². The molecule has 0 aromatic carbocycles. The van der Waals surface area contributed by atoms with Gasteiger partial charge in [-0.15, -0.1) is 0 Å². The van der Waals surface area contributed by atoms with Crippen LogP contribution in [0.4, 0.5) is 0 Å².